The van der Waals surface area contributed by atoms with Crippen LogP contribution in [-0.2, 0) is 11.3 Å². The van der Waals surface area contributed by atoms with Crippen LogP contribution in [0.4, 0.5) is 4.39 Å². The van der Waals surface area contributed by atoms with Gasteiger partial charge in [-0.25, -0.2) is 4.39 Å². The molecule has 0 saturated carbocycles. The maximum Gasteiger partial charge on any atom is 0.322 e. The number of likely N-dealkylation sites (N-methyl/N-ethyl adjacent to an activating group) is 1. The lowest BCUT2D eigenvalue weighted by Gasteiger charge is -2.23. The number of hydrogen-bond donors (Lipinski definition) is 2. The van der Waals surface area contributed by atoms with Crippen LogP contribution in [0.25, 0.3) is 0 Å². The van der Waals surface area contributed by atoms with Crippen molar-refractivity contribution in [1.82, 2.24) is 4.90 Å². The van der Waals surface area contributed by atoms with Gasteiger partial charge >= 0.3 is 5.97 Å². The lowest BCUT2D eigenvalue weighted by molar-refractivity contribution is -0.142. The Morgan fingerprint density at radius 3 is 2.69 bits per heavy atom. The van der Waals surface area contributed by atoms with Gasteiger partial charge in [0.1, 0.15) is 11.9 Å². The normalized spacial score (nSPS) is 12.8. The quantitative estimate of drug-likeness (QED) is 0.774. The number of aliphatic carboxylic acids is 1. The van der Waals surface area contributed by atoms with Crippen molar-refractivity contribution in [2.75, 3.05) is 13.6 Å². The zero-order valence-corrected chi connectivity index (χ0v) is 9.06. The summed E-state index contributed by atoms with van der Waals surface area (Å²) in [6.45, 7) is 0.223. The average molecular weight is 226 g/mol. The van der Waals surface area contributed by atoms with Gasteiger partial charge in [-0.15, -0.1) is 0 Å². The molecule has 0 heterocycles. The molecule has 1 unspecified atom stereocenters. The Labute approximate surface area is 93.5 Å². The first kappa shape index (κ1) is 12.6. The van der Waals surface area contributed by atoms with Crippen LogP contribution >= 0.6 is 0 Å². The van der Waals surface area contributed by atoms with Crippen LogP contribution < -0.4 is 5.73 Å². The Kier molecular flexibility index (Phi) is 4.39. The molecular weight excluding hydrogens is 211 g/mol. The fourth-order valence-electron chi connectivity index (χ4n) is 1.47. The molecule has 0 fully saturated rings. The average Bonchev–Trinajstić information content (AvgIpc) is 2.22. The van der Waals surface area contributed by atoms with Crippen LogP contribution in [0, 0.1) is 5.82 Å². The zero-order valence-electron chi connectivity index (χ0n) is 9.06. The maximum atomic E-state index is 13.3. The zero-order chi connectivity index (χ0) is 12.1. The molecule has 5 heteroatoms. The van der Waals surface area contributed by atoms with Crippen molar-refractivity contribution in [1.29, 1.82) is 0 Å². The minimum absolute atomic E-state index is 0.000284. The largest absolute Gasteiger partial charge is 0.480 e. The minimum Gasteiger partial charge on any atom is -0.480 e. The molecule has 0 saturated heterocycles. The van der Waals surface area contributed by atoms with Gasteiger partial charge in [-0.1, -0.05) is 18.2 Å². The summed E-state index contributed by atoms with van der Waals surface area (Å²) >= 11 is 0. The van der Waals surface area contributed by atoms with Gasteiger partial charge in [0.25, 0.3) is 0 Å². The van der Waals surface area contributed by atoms with Gasteiger partial charge in [0.15, 0.2) is 0 Å². The Morgan fingerprint density at radius 2 is 2.19 bits per heavy atom. The molecule has 16 heavy (non-hydrogen) atoms. The minimum atomic E-state index is -0.999. The monoisotopic (exact) mass is 226 g/mol. The Morgan fingerprint density at radius 1 is 1.56 bits per heavy atom. The van der Waals surface area contributed by atoms with Crippen LogP contribution in [0.2, 0.25) is 0 Å². The number of halogens is 1. The molecule has 1 rings (SSSR count). The topological polar surface area (TPSA) is 66.6 Å². The third-order valence-corrected chi connectivity index (χ3v) is 2.42. The van der Waals surface area contributed by atoms with Gasteiger partial charge < -0.3 is 10.8 Å². The highest BCUT2D eigenvalue weighted by atomic mass is 19.1. The molecule has 1 aromatic carbocycles. The summed E-state index contributed by atoms with van der Waals surface area (Å²) in [6, 6.07) is 5.49. The van der Waals surface area contributed by atoms with Gasteiger partial charge in [-0.2, -0.15) is 0 Å². The number of carboxylic acids is 1. The Hall–Kier alpha value is -1.46. The molecular formula is C11H15FN2O2. The maximum absolute atomic E-state index is 13.3. The third-order valence-electron chi connectivity index (χ3n) is 2.42. The molecule has 0 aliphatic rings. The molecule has 3 N–H and O–H groups in total. The molecule has 88 valence electrons. The highest BCUT2D eigenvalue weighted by Gasteiger charge is 2.21. The third kappa shape index (κ3) is 3.01. The molecule has 0 amide bonds. The smallest absolute Gasteiger partial charge is 0.322 e. The summed E-state index contributed by atoms with van der Waals surface area (Å²) in [5, 5.41) is 8.88. The van der Waals surface area contributed by atoms with E-state index < -0.39 is 12.0 Å². The van der Waals surface area contributed by atoms with E-state index in [9.17, 15) is 9.18 Å². The van der Waals surface area contributed by atoms with Gasteiger partial charge in [0.05, 0.1) is 0 Å². The predicted molar refractivity (Wildman–Crippen MR) is 58.3 cm³/mol. The first-order valence-corrected chi connectivity index (χ1v) is 4.92. The standard InChI is InChI=1S/C11H15FN2O2/c1-14(10(6-13)11(15)16)7-8-4-2-3-5-9(8)12/h2-5,10H,6-7,13H2,1H3,(H,15,16). The number of benzene rings is 1. The van der Waals surface area contributed by atoms with Crippen LogP contribution in [0.5, 0.6) is 0 Å². The number of hydrogen-bond acceptors (Lipinski definition) is 3. The second-order valence-corrected chi connectivity index (χ2v) is 3.60. The van der Waals surface area contributed by atoms with Crippen LogP contribution in [-0.4, -0.2) is 35.6 Å². The number of rotatable bonds is 5. The fraction of sp³-hybridized carbons (Fsp3) is 0.364. The molecule has 0 radical (unpaired) electrons. The first-order valence-electron chi connectivity index (χ1n) is 4.92. The highest BCUT2D eigenvalue weighted by molar-refractivity contribution is 5.73. The summed E-state index contributed by atoms with van der Waals surface area (Å²) < 4.78 is 13.3. The van der Waals surface area contributed by atoms with Crippen LogP contribution in [0.3, 0.4) is 0 Å². The summed E-state index contributed by atoms with van der Waals surface area (Å²) in [7, 11) is 1.61. The lowest BCUT2D eigenvalue weighted by Crippen LogP contribution is -2.43. The van der Waals surface area contributed by atoms with Crippen molar-refractivity contribution in [2.24, 2.45) is 5.73 Å². The van der Waals surface area contributed by atoms with Crippen LogP contribution in [0.1, 0.15) is 5.56 Å². The van der Waals surface area contributed by atoms with E-state index in [1.807, 2.05) is 0 Å². The summed E-state index contributed by atoms with van der Waals surface area (Å²) in [5.74, 6) is -1.34. The second-order valence-electron chi connectivity index (χ2n) is 3.60. The van der Waals surface area contributed by atoms with E-state index in [-0.39, 0.29) is 18.9 Å². The van der Waals surface area contributed by atoms with Crippen LogP contribution in [0.15, 0.2) is 24.3 Å². The van der Waals surface area contributed by atoms with E-state index in [0.29, 0.717) is 5.56 Å². The molecule has 0 aliphatic carbocycles. The molecule has 1 atom stereocenters. The van der Waals surface area contributed by atoms with Crippen molar-refractivity contribution in [3.63, 3.8) is 0 Å². The number of nitrogens with zero attached hydrogens (tertiary/aromatic N) is 1. The van der Waals surface area contributed by atoms with Crippen molar-refractivity contribution >= 4 is 5.97 Å². The van der Waals surface area contributed by atoms with Gasteiger partial charge in [0.2, 0.25) is 0 Å². The molecule has 0 aromatic heterocycles. The van der Waals surface area contributed by atoms with Gasteiger partial charge in [-0.3, -0.25) is 9.69 Å². The highest BCUT2D eigenvalue weighted by Crippen LogP contribution is 2.10. The fourth-order valence-corrected chi connectivity index (χ4v) is 1.47. The predicted octanol–water partition coefficient (Wildman–Crippen LogP) is 0.669. The molecule has 4 nitrogen and oxygen atoms in total. The summed E-state index contributed by atoms with van der Waals surface area (Å²) in [5.41, 5.74) is 5.81. The lowest BCUT2D eigenvalue weighted by atomic mass is 10.1. The van der Waals surface area contributed by atoms with Crippen molar-refractivity contribution < 1.29 is 14.3 Å². The Bertz CT molecular complexity index is 371. The van der Waals surface area contributed by atoms with E-state index in [2.05, 4.69) is 0 Å². The molecule has 0 spiro atoms. The van der Waals surface area contributed by atoms with E-state index >= 15 is 0 Å². The van der Waals surface area contributed by atoms with Gasteiger partial charge in [-0.05, 0) is 13.1 Å². The second kappa shape index (κ2) is 5.58. The Balaban J connectivity index is 2.74. The van der Waals surface area contributed by atoms with Crippen molar-refractivity contribution in [3.8, 4) is 0 Å². The molecule has 1 aromatic rings. The number of carbonyl (C=O) groups is 1. The number of carboxylic acid groups (broad SMARTS) is 1. The van der Waals surface area contributed by atoms with Crippen molar-refractivity contribution in [3.05, 3.63) is 35.6 Å². The summed E-state index contributed by atoms with van der Waals surface area (Å²) in [6.07, 6.45) is 0. The first-order chi connectivity index (χ1) is 7.56. The van der Waals surface area contributed by atoms with Crippen molar-refractivity contribution in [2.45, 2.75) is 12.6 Å². The molecule has 0 bridgehead atoms. The van der Waals surface area contributed by atoms with E-state index in [1.54, 1.807) is 25.2 Å². The van der Waals surface area contributed by atoms with Gasteiger partial charge in [0, 0.05) is 18.7 Å². The van der Waals surface area contributed by atoms with E-state index in [1.165, 1.54) is 11.0 Å². The van der Waals surface area contributed by atoms with E-state index in [4.69, 9.17) is 10.8 Å². The SMILES string of the molecule is CN(Cc1ccccc1F)C(CN)C(=O)O. The molecule has 0 aliphatic heterocycles. The summed E-state index contributed by atoms with van der Waals surface area (Å²) in [4.78, 5) is 12.3. The van der Waals surface area contributed by atoms with E-state index in [0.717, 1.165) is 0 Å². The number of nitrogens with two attached hydrogens (primary N) is 1.